The van der Waals surface area contributed by atoms with Gasteiger partial charge in [0.05, 0.1) is 4.88 Å². The molecule has 2 nitrogen and oxygen atoms in total. The molecule has 0 radical (unpaired) electrons. The number of thiophene rings is 1. The molecule has 0 saturated heterocycles. The summed E-state index contributed by atoms with van der Waals surface area (Å²) in [4.78, 5) is 12.3. The van der Waals surface area contributed by atoms with E-state index in [-0.39, 0.29) is 5.78 Å². The molecule has 1 rings (SSSR count). The molecule has 0 aliphatic heterocycles. The number of rotatable bonds is 4. The molecule has 2 N–H and O–H groups in total. The van der Waals surface area contributed by atoms with Gasteiger partial charge < -0.3 is 5.73 Å². The number of hydrogen-bond donors (Lipinski definition) is 1. The highest BCUT2D eigenvalue weighted by molar-refractivity contribution is 7.12. The second-order valence-corrected chi connectivity index (χ2v) is 3.66. The lowest BCUT2D eigenvalue weighted by molar-refractivity contribution is 0.0984. The third-order valence-electron chi connectivity index (χ3n) is 1.72. The van der Waals surface area contributed by atoms with Crippen LogP contribution in [0.25, 0.3) is 0 Å². The number of aryl methyl sites for hydroxylation is 1. The fourth-order valence-corrected chi connectivity index (χ4v) is 1.93. The molecule has 12 heavy (non-hydrogen) atoms. The molecule has 1 heterocycles. The summed E-state index contributed by atoms with van der Waals surface area (Å²) in [5.41, 5.74) is 6.40. The van der Waals surface area contributed by atoms with Crippen molar-refractivity contribution in [3.63, 3.8) is 0 Å². The molecule has 3 heteroatoms. The molecule has 0 unspecified atom stereocenters. The van der Waals surface area contributed by atoms with Crippen LogP contribution in [0.4, 0.5) is 0 Å². The molecule has 0 aliphatic carbocycles. The van der Waals surface area contributed by atoms with E-state index >= 15 is 0 Å². The highest BCUT2D eigenvalue weighted by Crippen LogP contribution is 2.17. The summed E-state index contributed by atoms with van der Waals surface area (Å²) in [5, 5.41) is 1.95. The van der Waals surface area contributed by atoms with Gasteiger partial charge in [-0.15, -0.1) is 11.3 Å². The monoisotopic (exact) mass is 183 g/mol. The number of carbonyl (C=O) groups is 1. The highest BCUT2D eigenvalue weighted by atomic mass is 32.1. The van der Waals surface area contributed by atoms with Gasteiger partial charge in [0.2, 0.25) is 0 Å². The summed E-state index contributed by atoms with van der Waals surface area (Å²) in [6, 6.07) is 1.97. The van der Waals surface area contributed by atoms with Crippen LogP contribution in [-0.4, -0.2) is 12.3 Å². The Kier molecular flexibility index (Phi) is 3.44. The summed E-state index contributed by atoms with van der Waals surface area (Å²) < 4.78 is 0. The van der Waals surface area contributed by atoms with Crippen molar-refractivity contribution < 1.29 is 4.79 Å². The van der Waals surface area contributed by atoms with Crippen LogP contribution in [0, 0.1) is 6.92 Å². The number of carbonyl (C=O) groups excluding carboxylic acids is 1. The van der Waals surface area contributed by atoms with Gasteiger partial charge in [-0.3, -0.25) is 4.79 Å². The Hall–Kier alpha value is -0.670. The SMILES string of the molecule is Cc1ccsc1C(=O)CCCN. The predicted molar refractivity (Wildman–Crippen MR) is 51.7 cm³/mol. The Balaban J connectivity index is 2.59. The number of Topliss-reactive ketones (excluding diaryl/α,β-unsaturated/α-hetero) is 1. The highest BCUT2D eigenvalue weighted by Gasteiger charge is 2.08. The van der Waals surface area contributed by atoms with E-state index in [0.717, 1.165) is 16.9 Å². The zero-order chi connectivity index (χ0) is 8.97. The van der Waals surface area contributed by atoms with Crippen molar-refractivity contribution in [1.82, 2.24) is 0 Å². The van der Waals surface area contributed by atoms with Crippen LogP contribution in [0.5, 0.6) is 0 Å². The zero-order valence-corrected chi connectivity index (χ0v) is 7.99. The number of hydrogen-bond acceptors (Lipinski definition) is 3. The number of ketones is 1. The summed E-state index contributed by atoms with van der Waals surface area (Å²) in [6.07, 6.45) is 1.37. The second-order valence-electron chi connectivity index (χ2n) is 2.75. The average Bonchev–Trinajstić information content (AvgIpc) is 2.47. The molecular weight excluding hydrogens is 170 g/mol. The van der Waals surface area contributed by atoms with E-state index in [4.69, 9.17) is 5.73 Å². The number of nitrogens with two attached hydrogens (primary N) is 1. The average molecular weight is 183 g/mol. The largest absolute Gasteiger partial charge is 0.330 e. The molecule has 0 amide bonds. The molecule has 0 aliphatic rings. The Bertz CT molecular complexity index is 267. The zero-order valence-electron chi connectivity index (χ0n) is 7.17. The van der Waals surface area contributed by atoms with E-state index in [9.17, 15) is 4.79 Å². The predicted octanol–water partition coefficient (Wildman–Crippen LogP) is 1.98. The van der Waals surface area contributed by atoms with Gasteiger partial charge in [-0.2, -0.15) is 0 Å². The maximum atomic E-state index is 11.4. The molecule has 0 fully saturated rings. The fraction of sp³-hybridized carbons (Fsp3) is 0.444. The van der Waals surface area contributed by atoms with Gasteiger partial charge in [-0.1, -0.05) is 0 Å². The maximum absolute atomic E-state index is 11.4. The lowest BCUT2D eigenvalue weighted by atomic mass is 10.1. The molecule has 0 spiro atoms. The van der Waals surface area contributed by atoms with Crippen molar-refractivity contribution in [2.24, 2.45) is 5.73 Å². The van der Waals surface area contributed by atoms with E-state index in [2.05, 4.69) is 0 Å². The van der Waals surface area contributed by atoms with Gasteiger partial charge in [0.15, 0.2) is 5.78 Å². The lowest BCUT2D eigenvalue weighted by Crippen LogP contribution is -2.04. The van der Waals surface area contributed by atoms with Crippen molar-refractivity contribution in [3.05, 3.63) is 21.9 Å². The molecule has 0 saturated carbocycles. The van der Waals surface area contributed by atoms with Gasteiger partial charge in [0.1, 0.15) is 0 Å². The van der Waals surface area contributed by atoms with E-state index in [1.807, 2.05) is 18.4 Å². The molecule has 0 aromatic carbocycles. The van der Waals surface area contributed by atoms with E-state index in [0.29, 0.717) is 13.0 Å². The molecule has 0 atom stereocenters. The molecule has 66 valence electrons. The quantitative estimate of drug-likeness (QED) is 0.725. The van der Waals surface area contributed by atoms with Crippen LogP contribution in [0.1, 0.15) is 28.1 Å². The first-order valence-corrected chi connectivity index (χ1v) is 4.91. The maximum Gasteiger partial charge on any atom is 0.173 e. The van der Waals surface area contributed by atoms with Gasteiger partial charge >= 0.3 is 0 Å². The summed E-state index contributed by atoms with van der Waals surface area (Å²) in [7, 11) is 0. The van der Waals surface area contributed by atoms with Crippen molar-refractivity contribution in [2.45, 2.75) is 19.8 Å². The molecular formula is C9H13NOS. The standard InChI is InChI=1S/C9H13NOS/c1-7-4-6-12-9(7)8(11)3-2-5-10/h4,6H,2-3,5,10H2,1H3. The smallest absolute Gasteiger partial charge is 0.173 e. The Morgan fingerprint density at radius 1 is 1.67 bits per heavy atom. The third-order valence-corrected chi connectivity index (χ3v) is 2.78. The van der Waals surface area contributed by atoms with E-state index in [1.165, 1.54) is 11.3 Å². The Labute approximate surface area is 76.4 Å². The molecule has 1 aromatic heterocycles. The van der Waals surface area contributed by atoms with E-state index < -0.39 is 0 Å². The van der Waals surface area contributed by atoms with Crippen LogP contribution in [0.3, 0.4) is 0 Å². The normalized spacial score (nSPS) is 10.2. The van der Waals surface area contributed by atoms with Crippen molar-refractivity contribution >= 4 is 17.1 Å². The lowest BCUT2D eigenvalue weighted by Gasteiger charge is -1.96. The van der Waals surface area contributed by atoms with Gasteiger partial charge in [-0.25, -0.2) is 0 Å². The first-order chi connectivity index (χ1) is 5.75. The minimum atomic E-state index is 0.230. The van der Waals surface area contributed by atoms with Crippen molar-refractivity contribution in [3.8, 4) is 0 Å². The van der Waals surface area contributed by atoms with Crippen LogP contribution < -0.4 is 5.73 Å². The third kappa shape index (κ3) is 2.16. The summed E-state index contributed by atoms with van der Waals surface area (Å²) in [5.74, 6) is 0.230. The minimum Gasteiger partial charge on any atom is -0.330 e. The Morgan fingerprint density at radius 2 is 2.42 bits per heavy atom. The van der Waals surface area contributed by atoms with Crippen LogP contribution >= 0.6 is 11.3 Å². The molecule has 0 bridgehead atoms. The van der Waals surface area contributed by atoms with Gasteiger partial charge in [-0.05, 0) is 36.9 Å². The van der Waals surface area contributed by atoms with Crippen LogP contribution in [0.15, 0.2) is 11.4 Å². The molecule has 1 aromatic rings. The first kappa shape index (κ1) is 9.42. The minimum absolute atomic E-state index is 0.230. The van der Waals surface area contributed by atoms with Crippen molar-refractivity contribution in [2.75, 3.05) is 6.54 Å². The van der Waals surface area contributed by atoms with Gasteiger partial charge in [0.25, 0.3) is 0 Å². The van der Waals surface area contributed by atoms with Crippen LogP contribution in [-0.2, 0) is 0 Å². The topological polar surface area (TPSA) is 43.1 Å². The second kappa shape index (κ2) is 4.38. The fourth-order valence-electron chi connectivity index (χ4n) is 1.03. The van der Waals surface area contributed by atoms with Crippen molar-refractivity contribution in [1.29, 1.82) is 0 Å². The Morgan fingerprint density at radius 3 is 2.92 bits per heavy atom. The summed E-state index contributed by atoms with van der Waals surface area (Å²) >= 11 is 1.52. The van der Waals surface area contributed by atoms with Crippen LogP contribution in [0.2, 0.25) is 0 Å². The summed E-state index contributed by atoms with van der Waals surface area (Å²) in [6.45, 7) is 2.56. The first-order valence-electron chi connectivity index (χ1n) is 4.03. The van der Waals surface area contributed by atoms with E-state index in [1.54, 1.807) is 0 Å². The van der Waals surface area contributed by atoms with Gasteiger partial charge in [0, 0.05) is 6.42 Å².